The first-order chi connectivity index (χ1) is 10.1. The average molecular weight is 288 g/mol. The van der Waals surface area contributed by atoms with Crippen LogP contribution in [0.15, 0.2) is 36.4 Å². The van der Waals surface area contributed by atoms with E-state index in [2.05, 4.69) is 6.08 Å². The number of hydrogen-bond donors (Lipinski definition) is 0. The number of nitro benzene ring substituents is 1. The summed E-state index contributed by atoms with van der Waals surface area (Å²) >= 11 is 0. The van der Waals surface area contributed by atoms with Crippen molar-refractivity contribution in [2.24, 2.45) is 5.92 Å². The summed E-state index contributed by atoms with van der Waals surface area (Å²) in [6.07, 6.45) is 5.78. The molecule has 3 atom stereocenters. The van der Waals surface area contributed by atoms with Gasteiger partial charge in [-0.3, -0.25) is 15.0 Å². The lowest BCUT2D eigenvalue weighted by Gasteiger charge is -2.47. The van der Waals surface area contributed by atoms with E-state index in [0.717, 1.165) is 18.4 Å². The van der Waals surface area contributed by atoms with Crippen molar-refractivity contribution in [2.75, 3.05) is 7.11 Å². The Labute approximate surface area is 122 Å². The lowest BCUT2D eigenvalue weighted by molar-refractivity contribution is -0.384. The highest BCUT2D eigenvalue weighted by Gasteiger charge is 2.42. The van der Waals surface area contributed by atoms with Crippen molar-refractivity contribution in [3.8, 4) is 0 Å². The zero-order valence-electron chi connectivity index (χ0n) is 11.6. The van der Waals surface area contributed by atoms with Gasteiger partial charge in [-0.1, -0.05) is 24.3 Å². The number of carbonyl (C=O) groups excluding carboxylic acids is 1. The maximum Gasteiger partial charge on any atom is 0.410 e. The molecule has 6 heteroatoms. The van der Waals surface area contributed by atoms with Crippen LogP contribution in [0.25, 0.3) is 0 Å². The van der Waals surface area contributed by atoms with Crippen molar-refractivity contribution in [3.05, 3.63) is 52.1 Å². The highest BCUT2D eigenvalue weighted by Crippen LogP contribution is 2.44. The van der Waals surface area contributed by atoms with Gasteiger partial charge < -0.3 is 4.74 Å². The lowest BCUT2D eigenvalue weighted by Crippen LogP contribution is -2.50. The normalized spacial score (nSPS) is 26.7. The summed E-state index contributed by atoms with van der Waals surface area (Å²) in [5.74, 6) is 0.232. The summed E-state index contributed by atoms with van der Waals surface area (Å²) in [6.45, 7) is 0. The minimum absolute atomic E-state index is 0.0441. The van der Waals surface area contributed by atoms with Crippen molar-refractivity contribution in [3.63, 3.8) is 0 Å². The fourth-order valence-corrected chi connectivity index (χ4v) is 3.29. The zero-order chi connectivity index (χ0) is 15.0. The van der Waals surface area contributed by atoms with E-state index >= 15 is 0 Å². The molecular formula is C15H16N2O4. The van der Waals surface area contributed by atoms with Crippen molar-refractivity contribution >= 4 is 11.8 Å². The molecule has 6 nitrogen and oxygen atoms in total. The van der Waals surface area contributed by atoms with E-state index in [0.29, 0.717) is 0 Å². The predicted molar refractivity (Wildman–Crippen MR) is 75.7 cm³/mol. The molecule has 4 rings (SSSR count). The van der Waals surface area contributed by atoms with E-state index in [1.165, 1.54) is 19.2 Å². The van der Waals surface area contributed by atoms with Gasteiger partial charge in [0.15, 0.2) is 0 Å². The van der Waals surface area contributed by atoms with Crippen LogP contribution in [-0.4, -0.2) is 29.1 Å². The molecule has 2 bridgehead atoms. The number of methoxy groups -OCH3 is 1. The molecule has 2 aliphatic heterocycles. The Morgan fingerprint density at radius 2 is 2.00 bits per heavy atom. The van der Waals surface area contributed by atoms with Gasteiger partial charge in [-0.25, -0.2) is 4.79 Å². The first kappa shape index (κ1) is 13.6. The van der Waals surface area contributed by atoms with E-state index in [4.69, 9.17) is 4.74 Å². The number of benzene rings is 1. The van der Waals surface area contributed by atoms with Crippen LogP contribution in [0, 0.1) is 16.0 Å². The van der Waals surface area contributed by atoms with Crippen LogP contribution in [0.5, 0.6) is 0 Å². The van der Waals surface area contributed by atoms with Crippen LogP contribution < -0.4 is 0 Å². The van der Waals surface area contributed by atoms with Gasteiger partial charge in [0.1, 0.15) is 0 Å². The molecule has 1 amide bonds. The first-order valence-electron chi connectivity index (χ1n) is 6.91. The Kier molecular flexibility index (Phi) is 3.37. The Bertz CT molecular complexity index is 596. The van der Waals surface area contributed by atoms with Gasteiger partial charge >= 0.3 is 6.09 Å². The number of rotatable bonds is 2. The van der Waals surface area contributed by atoms with Crippen LogP contribution in [0.1, 0.15) is 24.4 Å². The third-order valence-electron chi connectivity index (χ3n) is 4.27. The number of carbonyl (C=O) groups is 1. The summed E-state index contributed by atoms with van der Waals surface area (Å²) in [5, 5.41) is 10.7. The summed E-state index contributed by atoms with van der Waals surface area (Å²) in [5.41, 5.74) is 0.963. The molecule has 3 aliphatic rings. The Hall–Kier alpha value is -2.37. The Morgan fingerprint density at radius 3 is 2.52 bits per heavy atom. The van der Waals surface area contributed by atoms with Crippen molar-refractivity contribution in [2.45, 2.75) is 24.9 Å². The van der Waals surface area contributed by atoms with E-state index in [1.807, 2.05) is 6.08 Å². The predicted octanol–water partition coefficient (Wildman–Crippen LogP) is 3.05. The largest absolute Gasteiger partial charge is 0.453 e. The fourth-order valence-electron chi connectivity index (χ4n) is 3.29. The molecule has 0 aromatic heterocycles. The summed E-state index contributed by atoms with van der Waals surface area (Å²) < 4.78 is 4.90. The molecule has 0 spiro atoms. The van der Waals surface area contributed by atoms with Gasteiger partial charge in [-0.05, 0) is 18.4 Å². The van der Waals surface area contributed by atoms with Gasteiger partial charge in [0, 0.05) is 18.1 Å². The van der Waals surface area contributed by atoms with E-state index < -0.39 is 4.92 Å². The highest BCUT2D eigenvalue weighted by molar-refractivity contribution is 5.70. The third kappa shape index (κ3) is 2.26. The first-order valence-corrected chi connectivity index (χ1v) is 6.91. The zero-order valence-corrected chi connectivity index (χ0v) is 11.6. The molecule has 1 fully saturated rings. The van der Waals surface area contributed by atoms with Gasteiger partial charge in [-0.15, -0.1) is 0 Å². The molecule has 0 radical (unpaired) electrons. The fraction of sp³-hybridized carbons (Fsp3) is 0.400. The molecule has 21 heavy (non-hydrogen) atoms. The summed E-state index contributed by atoms with van der Waals surface area (Å²) in [4.78, 5) is 24.1. The van der Waals surface area contributed by atoms with Crippen LogP contribution in [0.4, 0.5) is 10.5 Å². The number of hydrogen-bond acceptors (Lipinski definition) is 4. The maximum absolute atomic E-state index is 12.1. The number of nitro groups is 1. The maximum atomic E-state index is 12.1. The van der Waals surface area contributed by atoms with Crippen LogP contribution >= 0.6 is 0 Å². The molecule has 1 aliphatic carbocycles. The molecule has 1 aromatic rings. The minimum atomic E-state index is -0.422. The average Bonchev–Trinajstić information content (AvgIpc) is 2.54. The van der Waals surface area contributed by atoms with Gasteiger partial charge in [0.05, 0.1) is 24.1 Å². The molecule has 1 saturated heterocycles. The quantitative estimate of drug-likeness (QED) is 0.476. The van der Waals surface area contributed by atoms with Gasteiger partial charge in [0.25, 0.3) is 5.69 Å². The number of ether oxygens (including phenoxy) is 1. The molecule has 110 valence electrons. The topological polar surface area (TPSA) is 72.7 Å². The standard InChI is InChI=1S/C15H16N2O4/c1-21-15(18)16-12-6-2-10(3-7-12)14(16)11-4-8-13(9-5-11)17(19)20/h2,4-6,8-10,12,14H,3,7H2,1H3. The van der Waals surface area contributed by atoms with Crippen molar-refractivity contribution in [1.29, 1.82) is 0 Å². The highest BCUT2D eigenvalue weighted by atomic mass is 16.6. The smallest absolute Gasteiger partial charge is 0.410 e. The van der Waals surface area contributed by atoms with E-state index in [1.54, 1.807) is 17.0 Å². The molecule has 1 aromatic carbocycles. The minimum Gasteiger partial charge on any atom is -0.453 e. The van der Waals surface area contributed by atoms with E-state index in [9.17, 15) is 14.9 Å². The molecular weight excluding hydrogens is 272 g/mol. The lowest BCUT2D eigenvalue weighted by atomic mass is 9.77. The second-order valence-electron chi connectivity index (χ2n) is 5.36. The Balaban J connectivity index is 1.96. The van der Waals surface area contributed by atoms with Crippen molar-refractivity contribution in [1.82, 2.24) is 4.90 Å². The van der Waals surface area contributed by atoms with Gasteiger partial charge in [0.2, 0.25) is 0 Å². The van der Waals surface area contributed by atoms with Crippen LogP contribution in [0.2, 0.25) is 0 Å². The van der Waals surface area contributed by atoms with Crippen LogP contribution in [-0.2, 0) is 4.74 Å². The third-order valence-corrected chi connectivity index (χ3v) is 4.27. The second kappa shape index (κ2) is 5.20. The summed E-state index contributed by atoms with van der Waals surface area (Å²) in [7, 11) is 1.38. The molecule has 0 saturated carbocycles. The molecule has 2 heterocycles. The number of amides is 1. The molecule has 0 N–H and O–H groups in total. The SMILES string of the molecule is COC(=O)N1C2C=CC(CC2)C1c1ccc([N+](=O)[O-])cc1. The number of non-ortho nitro benzene ring substituents is 1. The number of fused-ring (bicyclic) bond motifs is 2. The van der Waals surface area contributed by atoms with Gasteiger partial charge in [-0.2, -0.15) is 0 Å². The Morgan fingerprint density at radius 1 is 1.29 bits per heavy atom. The van der Waals surface area contributed by atoms with E-state index in [-0.39, 0.29) is 29.8 Å². The molecule has 3 unspecified atom stereocenters. The number of piperidine rings is 1. The van der Waals surface area contributed by atoms with Crippen LogP contribution in [0.3, 0.4) is 0 Å². The number of nitrogens with zero attached hydrogens (tertiary/aromatic N) is 2. The second-order valence-corrected chi connectivity index (χ2v) is 5.36. The van der Waals surface area contributed by atoms with Crippen molar-refractivity contribution < 1.29 is 14.5 Å². The monoisotopic (exact) mass is 288 g/mol. The summed E-state index contributed by atoms with van der Waals surface area (Å²) in [6, 6.07) is 6.36.